The van der Waals surface area contributed by atoms with Gasteiger partial charge in [0.2, 0.25) is 0 Å². The van der Waals surface area contributed by atoms with Gasteiger partial charge in [0.25, 0.3) is 0 Å². The second-order valence-electron chi connectivity index (χ2n) is 3.97. The third-order valence-electron chi connectivity index (χ3n) is 2.50. The van der Waals surface area contributed by atoms with Gasteiger partial charge in [-0.3, -0.25) is 0 Å². The summed E-state index contributed by atoms with van der Waals surface area (Å²) in [7, 11) is 0. The molecule has 1 heterocycles. The first kappa shape index (κ1) is 13.5. The second-order valence-corrected chi connectivity index (χ2v) is 5.17. The number of ether oxygens (including phenoxy) is 1. The highest BCUT2D eigenvalue weighted by molar-refractivity contribution is 7.14. The van der Waals surface area contributed by atoms with Gasteiger partial charge in [-0.25, -0.2) is 9.78 Å². The van der Waals surface area contributed by atoms with Crippen LogP contribution in [0.5, 0.6) is 0 Å². The number of anilines is 1. The lowest BCUT2D eigenvalue weighted by Crippen LogP contribution is -2.08. The Morgan fingerprint density at radius 3 is 2.79 bits per heavy atom. The van der Waals surface area contributed by atoms with E-state index in [9.17, 15) is 4.79 Å². The normalized spacial score (nSPS) is 10.2. The molecule has 0 bridgehead atoms. The Morgan fingerprint density at radius 1 is 1.37 bits per heavy atom. The summed E-state index contributed by atoms with van der Waals surface area (Å²) >= 11 is 1.35. The third kappa shape index (κ3) is 3.54. The fourth-order valence-corrected chi connectivity index (χ4v) is 2.45. The van der Waals surface area contributed by atoms with Gasteiger partial charge in [-0.15, -0.1) is 11.3 Å². The molecule has 5 heteroatoms. The van der Waals surface area contributed by atoms with Gasteiger partial charge < -0.3 is 10.1 Å². The first-order valence-electron chi connectivity index (χ1n) is 6.13. The second kappa shape index (κ2) is 6.33. The van der Waals surface area contributed by atoms with Gasteiger partial charge in [0.05, 0.1) is 11.6 Å². The molecule has 0 radical (unpaired) electrons. The van der Waals surface area contributed by atoms with Crippen molar-refractivity contribution in [3.63, 3.8) is 0 Å². The third-order valence-corrected chi connectivity index (χ3v) is 3.45. The molecule has 0 aliphatic heterocycles. The van der Waals surface area contributed by atoms with E-state index in [-0.39, 0.29) is 5.97 Å². The molecule has 0 aliphatic carbocycles. The highest BCUT2D eigenvalue weighted by atomic mass is 32.1. The molecule has 0 atom stereocenters. The van der Waals surface area contributed by atoms with Crippen LogP contribution in [0.15, 0.2) is 30.3 Å². The van der Waals surface area contributed by atoms with Gasteiger partial charge in [-0.2, -0.15) is 0 Å². The minimum absolute atomic E-state index is 0.316. The Kier molecular flexibility index (Phi) is 4.52. The van der Waals surface area contributed by atoms with Crippen molar-refractivity contribution in [2.45, 2.75) is 20.4 Å². The maximum Gasteiger partial charge on any atom is 0.352 e. The lowest BCUT2D eigenvalue weighted by atomic mass is 10.2. The smallest absolute Gasteiger partial charge is 0.352 e. The fourth-order valence-electron chi connectivity index (χ4n) is 1.66. The van der Waals surface area contributed by atoms with Crippen LogP contribution in [-0.2, 0) is 11.3 Å². The molecule has 0 saturated carbocycles. The van der Waals surface area contributed by atoms with Crippen LogP contribution in [0.4, 0.5) is 5.82 Å². The highest BCUT2D eigenvalue weighted by Crippen LogP contribution is 2.24. The predicted octanol–water partition coefficient (Wildman–Crippen LogP) is 3.24. The number of hydrogen-bond acceptors (Lipinski definition) is 5. The van der Waals surface area contributed by atoms with E-state index in [4.69, 9.17) is 4.74 Å². The number of esters is 1. The van der Waals surface area contributed by atoms with Crippen molar-refractivity contribution >= 4 is 23.1 Å². The summed E-state index contributed by atoms with van der Waals surface area (Å²) in [6.45, 7) is 4.67. The van der Waals surface area contributed by atoms with E-state index in [0.29, 0.717) is 23.8 Å². The maximum absolute atomic E-state index is 11.8. The molecule has 2 aromatic rings. The van der Waals surface area contributed by atoms with Crippen LogP contribution >= 0.6 is 11.3 Å². The zero-order valence-electron chi connectivity index (χ0n) is 11.0. The average molecular weight is 276 g/mol. The topological polar surface area (TPSA) is 51.2 Å². The molecule has 2 rings (SSSR count). The van der Waals surface area contributed by atoms with E-state index in [1.807, 2.05) is 37.3 Å². The van der Waals surface area contributed by atoms with Crippen molar-refractivity contribution < 1.29 is 9.53 Å². The molecular weight excluding hydrogens is 260 g/mol. The van der Waals surface area contributed by atoms with Crippen LogP contribution in [0.3, 0.4) is 0 Å². The van der Waals surface area contributed by atoms with Gasteiger partial charge in [0, 0.05) is 6.54 Å². The quantitative estimate of drug-likeness (QED) is 0.852. The Balaban J connectivity index is 2.10. The largest absolute Gasteiger partial charge is 0.462 e. The van der Waals surface area contributed by atoms with Gasteiger partial charge in [-0.05, 0) is 19.4 Å². The maximum atomic E-state index is 11.8. The molecule has 0 saturated heterocycles. The number of benzene rings is 1. The number of thiazole rings is 1. The van der Waals surface area contributed by atoms with Crippen molar-refractivity contribution in [3.8, 4) is 0 Å². The summed E-state index contributed by atoms with van der Waals surface area (Å²) in [6.07, 6.45) is 0. The van der Waals surface area contributed by atoms with Crippen LogP contribution < -0.4 is 5.32 Å². The van der Waals surface area contributed by atoms with E-state index < -0.39 is 0 Å². The van der Waals surface area contributed by atoms with Gasteiger partial charge in [-0.1, -0.05) is 30.3 Å². The van der Waals surface area contributed by atoms with Crippen LogP contribution in [0, 0.1) is 6.92 Å². The molecule has 0 spiro atoms. The van der Waals surface area contributed by atoms with Crippen molar-refractivity contribution in [3.05, 3.63) is 45.8 Å². The molecule has 1 aromatic heterocycles. The van der Waals surface area contributed by atoms with Crippen molar-refractivity contribution in [2.75, 3.05) is 11.9 Å². The number of carbonyl (C=O) groups is 1. The number of hydrogen-bond donors (Lipinski definition) is 1. The zero-order valence-corrected chi connectivity index (χ0v) is 11.8. The van der Waals surface area contributed by atoms with Crippen molar-refractivity contribution in [1.82, 2.24) is 4.98 Å². The van der Waals surface area contributed by atoms with Crippen molar-refractivity contribution in [1.29, 1.82) is 0 Å². The van der Waals surface area contributed by atoms with Gasteiger partial charge >= 0.3 is 5.97 Å². The average Bonchev–Trinajstić information content (AvgIpc) is 2.79. The summed E-state index contributed by atoms with van der Waals surface area (Å²) in [5.74, 6) is 0.286. The van der Waals surface area contributed by atoms with Crippen LogP contribution in [0.25, 0.3) is 0 Å². The van der Waals surface area contributed by atoms with Crippen LogP contribution in [0.2, 0.25) is 0 Å². The molecule has 0 fully saturated rings. The SMILES string of the molecule is CCOC(=O)c1sc(C)nc1NCc1ccccc1. The minimum atomic E-state index is -0.316. The standard InChI is InChI=1S/C14H16N2O2S/c1-3-18-14(17)12-13(16-10(2)19-12)15-9-11-7-5-4-6-8-11/h4-8,15H,3,9H2,1-2H3. The number of rotatable bonds is 5. The first-order chi connectivity index (χ1) is 9.20. The number of aryl methyl sites for hydroxylation is 1. The molecule has 0 aliphatic rings. The number of nitrogens with zero attached hydrogens (tertiary/aromatic N) is 1. The minimum Gasteiger partial charge on any atom is -0.462 e. The molecular formula is C14H16N2O2S. The summed E-state index contributed by atoms with van der Waals surface area (Å²) in [5, 5.41) is 4.03. The number of carbonyl (C=O) groups excluding carboxylic acids is 1. The van der Waals surface area contributed by atoms with E-state index in [2.05, 4.69) is 10.3 Å². The van der Waals surface area contributed by atoms with Crippen LogP contribution in [-0.4, -0.2) is 17.6 Å². The Bertz CT molecular complexity index is 552. The molecule has 4 nitrogen and oxygen atoms in total. The Morgan fingerprint density at radius 2 is 2.11 bits per heavy atom. The predicted molar refractivity (Wildman–Crippen MR) is 76.6 cm³/mol. The zero-order chi connectivity index (χ0) is 13.7. The monoisotopic (exact) mass is 276 g/mol. The van der Waals surface area contributed by atoms with E-state index in [1.54, 1.807) is 6.92 Å². The summed E-state index contributed by atoms with van der Waals surface area (Å²) < 4.78 is 5.03. The van der Waals surface area contributed by atoms with Crippen molar-refractivity contribution in [2.24, 2.45) is 0 Å². The summed E-state index contributed by atoms with van der Waals surface area (Å²) in [6, 6.07) is 9.98. The molecule has 1 aromatic carbocycles. The first-order valence-corrected chi connectivity index (χ1v) is 6.94. The summed E-state index contributed by atoms with van der Waals surface area (Å²) in [5.41, 5.74) is 1.14. The van der Waals surface area contributed by atoms with Crippen LogP contribution in [0.1, 0.15) is 27.2 Å². The van der Waals surface area contributed by atoms with E-state index in [1.165, 1.54) is 11.3 Å². The molecule has 0 unspecified atom stereocenters. The highest BCUT2D eigenvalue weighted by Gasteiger charge is 2.17. The molecule has 100 valence electrons. The number of nitrogens with one attached hydrogen (secondary N) is 1. The van der Waals surface area contributed by atoms with Gasteiger partial charge in [0.15, 0.2) is 10.7 Å². The lowest BCUT2D eigenvalue weighted by Gasteiger charge is -2.05. The molecule has 19 heavy (non-hydrogen) atoms. The molecule has 1 N–H and O–H groups in total. The summed E-state index contributed by atoms with van der Waals surface area (Å²) in [4.78, 5) is 16.7. The van der Waals surface area contributed by atoms with Gasteiger partial charge in [0.1, 0.15) is 0 Å². The number of aromatic nitrogens is 1. The Hall–Kier alpha value is -1.88. The van der Waals surface area contributed by atoms with E-state index in [0.717, 1.165) is 10.6 Å². The fraction of sp³-hybridized carbons (Fsp3) is 0.286. The lowest BCUT2D eigenvalue weighted by molar-refractivity contribution is 0.0533. The van der Waals surface area contributed by atoms with E-state index >= 15 is 0 Å². The Labute approximate surface area is 116 Å². The molecule has 0 amide bonds.